The van der Waals surface area contributed by atoms with Crippen LogP contribution in [-0.4, -0.2) is 33.5 Å². The zero-order valence-electron chi connectivity index (χ0n) is 17.5. The molecule has 3 heterocycles. The van der Waals surface area contributed by atoms with Crippen molar-refractivity contribution in [3.8, 4) is 0 Å². The zero-order valence-corrected chi connectivity index (χ0v) is 17.5. The van der Waals surface area contributed by atoms with Crippen molar-refractivity contribution in [3.63, 3.8) is 0 Å². The molecule has 1 saturated heterocycles. The van der Waals surface area contributed by atoms with Gasteiger partial charge >= 0.3 is 6.18 Å². The van der Waals surface area contributed by atoms with Gasteiger partial charge in [0, 0.05) is 31.1 Å². The van der Waals surface area contributed by atoms with E-state index in [0.717, 1.165) is 6.07 Å². The Morgan fingerprint density at radius 3 is 2.35 bits per heavy atom. The summed E-state index contributed by atoms with van der Waals surface area (Å²) < 4.78 is 69.7. The van der Waals surface area contributed by atoms with Crippen molar-refractivity contribution in [1.29, 1.82) is 0 Å². The molecule has 0 aliphatic carbocycles. The van der Waals surface area contributed by atoms with Crippen molar-refractivity contribution in [3.05, 3.63) is 53.5 Å². The van der Waals surface area contributed by atoms with Gasteiger partial charge in [0.05, 0.1) is 17.5 Å². The van der Waals surface area contributed by atoms with E-state index in [-0.39, 0.29) is 25.1 Å². The van der Waals surface area contributed by atoms with Crippen molar-refractivity contribution in [1.82, 2.24) is 14.5 Å². The maximum Gasteiger partial charge on any atom is 0.416 e. The summed E-state index contributed by atoms with van der Waals surface area (Å²) >= 11 is 0. The zero-order chi connectivity index (χ0) is 22.6. The maximum absolute atomic E-state index is 13.9. The van der Waals surface area contributed by atoms with Crippen molar-refractivity contribution in [2.75, 3.05) is 18.0 Å². The number of rotatable bonds is 3. The lowest BCUT2D eigenvalue weighted by molar-refractivity contribution is -0.138. The van der Waals surface area contributed by atoms with Crippen LogP contribution in [0, 0.1) is 0 Å². The van der Waals surface area contributed by atoms with Crippen molar-refractivity contribution >= 4 is 16.9 Å². The van der Waals surface area contributed by atoms with Gasteiger partial charge in [0.2, 0.25) is 0 Å². The van der Waals surface area contributed by atoms with E-state index in [1.165, 1.54) is 17.0 Å². The average molecular weight is 438 g/mol. The Labute approximate surface area is 176 Å². The van der Waals surface area contributed by atoms with Gasteiger partial charge in [-0.1, -0.05) is 39.0 Å². The predicted molar refractivity (Wildman–Crippen MR) is 109 cm³/mol. The third-order valence-electron chi connectivity index (χ3n) is 5.40. The summed E-state index contributed by atoms with van der Waals surface area (Å²) in [6, 6.07) is 7.08. The molecule has 1 aliphatic heterocycles. The molecule has 1 fully saturated rings. The molecule has 0 bridgehead atoms. The number of hydrogen-bond donors (Lipinski definition) is 0. The Kier molecular flexibility index (Phi) is 4.98. The highest BCUT2D eigenvalue weighted by molar-refractivity contribution is 5.88. The second kappa shape index (κ2) is 7.17. The number of halogens is 5. The lowest BCUT2D eigenvalue weighted by atomic mass is 9.95. The van der Waals surface area contributed by atoms with Gasteiger partial charge in [-0.2, -0.15) is 13.2 Å². The fourth-order valence-corrected chi connectivity index (χ4v) is 3.79. The number of alkyl halides is 5. The number of anilines is 1. The van der Waals surface area contributed by atoms with Crippen molar-refractivity contribution < 1.29 is 22.0 Å². The lowest BCUT2D eigenvalue weighted by Gasteiger charge is -2.23. The molecule has 0 atom stereocenters. The molecule has 2 aromatic heterocycles. The van der Waals surface area contributed by atoms with Crippen LogP contribution in [0.3, 0.4) is 0 Å². The third kappa shape index (κ3) is 4.22. The molecule has 4 nitrogen and oxygen atoms in total. The molecule has 0 saturated carbocycles. The molecule has 0 spiro atoms. The van der Waals surface area contributed by atoms with Crippen LogP contribution in [0.2, 0.25) is 0 Å². The van der Waals surface area contributed by atoms with Gasteiger partial charge in [0.15, 0.2) is 0 Å². The third-order valence-corrected chi connectivity index (χ3v) is 5.40. The first-order valence-corrected chi connectivity index (χ1v) is 10.0. The first-order chi connectivity index (χ1) is 14.4. The van der Waals surface area contributed by atoms with E-state index in [0.29, 0.717) is 22.7 Å². The Morgan fingerprint density at radius 2 is 1.74 bits per heavy atom. The van der Waals surface area contributed by atoms with Crippen LogP contribution in [0.4, 0.5) is 27.8 Å². The predicted octanol–water partition coefficient (Wildman–Crippen LogP) is 5.64. The fourth-order valence-electron chi connectivity index (χ4n) is 3.79. The quantitative estimate of drug-likeness (QED) is 0.496. The largest absolute Gasteiger partial charge is 0.416 e. The molecule has 4 rings (SSSR count). The molecule has 3 aromatic rings. The summed E-state index contributed by atoms with van der Waals surface area (Å²) in [6.07, 6.45) is -3.10. The van der Waals surface area contributed by atoms with E-state index in [1.807, 2.05) is 20.8 Å². The normalized spacial score (nSPS) is 17.0. The molecule has 0 amide bonds. The number of fused-ring (bicyclic) bond motifs is 1. The monoisotopic (exact) mass is 438 g/mol. The Bertz CT molecular complexity index is 1110. The summed E-state index contributed by atoms with van der Waals surface area (Å²) in [5.41, 5.74) is -0.634. The van der Waals surface area contributed by atoms with Crippen molar-refractivity contribution in [2.45, 2.75) is 51.3 Å². The van der Waals surface area contributed by atoms with Crippen LogP contribution >= 0.6 is 0 Å². The summed E-state index contributed by atoms with van der Waals surface area (Å²) in [5, 5.41) is 0.551. The molecular formula is C22H23F5N4. The highest BCUT2D eigenvalue weighted by Crippen LogP contribution is 2.36. The molecule has 1 aromatic carbocycles. The first-order valence-electron chi connectivity index (χ1n) is 10.0. The number of benzene rings is 1. The maximum atomic E-state index is 13.9. The summed E-state index contributed by atoms with van der Waals surface area (Å²) in [6.45, 7) is 5.39. The van der Waals surface area contributed by atoms with Gasteiger partial charge in [-0.3, -0.25) is 0 Å². The molecule has 31 heavy (non-hydrogen) atoms. The van der Waals surface area contributed by atoms with E-state index in [2.05, 4.69) is 9.97 Å². The highest BCUT2D eigenvalue weighted by Gasteiger charge is 2.40. The van der Waals surface area contributed by atoms with Crippen LogP contribution in [-0.2, 0) is 18.1 Å². The summed E-state index contributed by atoms with van der Waals surface area (Å²) in [4.78, 5) is 10.7. The lowest BCUT2D eigenvalue weighted by Crippen LogP contribution is -2.27. The summed E-state index contributed by atoms with van der Waals surface area (Å²) in [5.74, 6) is -1.95. The standard InChI is InChI=1S/C22H23F5N4/c1-20(2,3)19-28-17-15(18(29-19)31-11-9-21(23,24)13-31)8-10-30(17)12-14-6-4-5-7-16(14)22(25,26)27/h4-8,10H,9,11-13H2,1-3H3. The topological polar surface area (TPSA) is 34.0 Å². The van der Waals surface area contributed by atoms with Crippen LogP contribution in [0.25, 0.3) is 11.0 Å². The van der Waals surface area contributed by atoms with E-state index in [4.69, 9.17) is 0 Å². The molecule has 0 unspecified atom stereocenters. The number of hydrogen-bond acceptors (Lipinski definition) is 3. The molecule has 0 radical (unpaired) electrons. The minimum Gasteiger partial charge on any atom is -0.350 e. The van der Waals surface area contributed by atoms with Gasteiger partial charge in [-0.05, 0) is 17.7 Å². The second-order valence-corrected chi connectivity index (χ2v) is 8.98. The number of nitrogens with zero attached hydrogens (tertiary/aromatic N) is 4. The van der Waals surface area contributed by atoms with E-state index in [9.17, 15) is 22.0 Å². The van der Waals surface area contributed by atoms with Gasteiger partial charge in [-0.15, -0.1) is 0 Å². The molecule has 0 N–H and O–H groups in total. The Balaban J connectivity index is 1.83. The Morgan fingerprint density at radius 1 is 1.03 bits per heavy atom. The molecule has 1 aliphatic rings. The van der Waals surface area contributed by atoms with Crippen LogP contribution in [0.5, 0.6) is 0 Å². The van der Waals surface area contributed by atoms with E-state index in [1.54, 1.807) is 22.9 Å². The van der Waals surface area contributed by atoms with Crippen LogP contribution in [0.15, 0.2) is 36.5 Å². The SMILES string of the molecule is CC(C)(C)c1nc(N2CCC(F)(F)C2)c2ccn(Cc3ccccc3C(F)(F)F)c2n1. The first kappa shape index (κ1) is 21.5. The second-order valence-electron chi connectivity index (χ2n) is 8.98. The van der Waals surface area contributed by atoms with Gasteiger partial charge in [0.25, 0.3) is 5.92 Å². The Hall–Kier alpha value is -2.71. The summed E-state index contributed by atoms with van der Waals surface area (Å²) in [7, 11) is 0. The van der Waals surface area contributed by atoms with Crippen LogP contribution in [0.1, 0.15) is 44.1 Å². The molecular weight excluding hydrogens is 415 g/mol. The smallest absolute Gasteiger partial charge is 0.350 e. The highest BCUT2D eigenvalue weighted by atomic mass is 19.4. The molecule has 9 heteroatoms. The van der Waals surface area contributed by atoms with Gasteiger partial charge in [-0.25, -0.2) is 18.7 Å². The van der Waals surface area contributed by atoms with Gasteiger partial charge in [0.1, 0.15) is 17.3 Å². The fraction of sp³-hybridized carbons (Fsp3) is 0.455. The van der Waals surface area contributed by atoms with Crippen LogP contribution < -0.4 is 4.90 Å². The average Bonchev–Trinajstić information content (AvgIpc) is 3.23. The van der Waals surface area contributed by atoms with Crippen molar-refractivity contribution in [2.24, 2.45) is 0 Å². The molecule has 166 valence electrons. The van der Waals surface area contributed by atoms with Gasteiger partial charge < -0.3 is 9.47 Å². The van der Waals surface area contributed by atoms with E-state index < -0.39 is 29.6 Å². The van der Waals surface area contributed by atoms with E-state index >= 15 is 0 Å². The number of aromatic nitrogens is 3. The minimum absolute atomic E-state index is 0.0463. The minimum atomic E-state index is -4.47.